The van der Waals surface area contributed by atoms with E-state index >= 15 is 0 Å². The van der Waals surface area contributed by atoms with Crippen molar-refractivity contribution < 1.29 is 18.3 Å². The molecule has 4 nitrogen and oxygen atoms in total. The average Bonchev–Trinajstić information content (AvgIpc) is 2.93. The number of hydrogen-bond donors (Lipinski definition) is 1. The summed E-state index contributed by atoms with van der Waals surface area (Å²) in [6.45, 7) is 0.832. The van der Waals surface area contributed by atoms with Crippen molar-refractivity contribution in [3.05, 3.63) is 51.7 Å². The predicted molar refractivity (Wildman–Crippen MR) is 95.2 cm³/mol. The standard InChI is InChI=1S/C18H22F2N2O2S/c1-13-8-10-25-16(13)11-22(2)12-17(23)21-9-7-14-3-5-15(6-4-14)24-18(19)20/h3-6,8,10,18H,7,9,11-12H2,1-2H3,(H,21,23). The number of likely N-dealkylation sites (N-methyl/N-ethyl adjacent to an activating group) is 1. The highest BCUT2D eigenvalue weighted by Crippen LogP contribution is 2.17. The van der Waals surface area contributed by atoms with Gasteiger partial charge in [0.2, 0.25) is 5.91 Å². The van der Waals surface area contributed by atoms with Crippen LogP contribution in [0.15, 0.2) is 35.7 Å². The Morgan fingerprint density at radius 2 is 2.00 bits per heavy atom. The first kappa shape index (κ1) is 19.3. The van der Waals surface area contributed by atoms with Gasteiger partial charge in [0.05, 0.1) is 6.54 Å². The lowest BCUT2D eigenvalue weighted by molar-refractivity contribution is -0.122. The van der Waals surface area contributed by atoms with Crippen LogP contribution in [-0.2, 0) is 17.8 Å². The molecule has 7 heteroatoms. The maximum absolute atomic E-state index is 12.1. The third kappa shape index (κ3) is 6.80. The Labute approximate surface area is 150 Å². The molecule has 136 valence electrons. The summed E-state index contributed by atoms with van der Waals surface area (Å²) >= 11 is 1.69. The van der Waals surface area contributed by atoms with Crippen LogP contribution in [-0.4, -0.2) is 37.6 Å². The Balaban J connectivity index is 1.68. The number of nitrogens with zero attached hydrogens (tertiary/aromatic N) is 1. The van der Waals surface area contributed by atoms with Crippen molar-refractivity contribution in [2.75, 3.05) is 20.1 Å². The highest BCUT2D eigenvalue weighted by molar-refractivity contribution is 7.10. The second-order valence-electron chi connectivity index (χ2n) is 5.82. The smallest absolute Gasteiger partial charge is 0.387 e. The predicted octanol–water partition coefficient (Wildman–Crippen LogP) is 3.45. The molecule has 0 aliphatic heterocycles. The van der Waals surface area contributed by atoms with E-state index in [1.807, 2.05) is 11.9 Å². The zero-order valence-electron chi connectivity index (χ0n) is 14.3. The lowest BCUT2D eigenvalue weighted by Gasteiger charge is -2.16. The minimum absolute atomic E-state index is 0.0330. The van der Waals surface area contributed by atoms with E-state index in [4.69, 9.17) is 0 Å². The number of aryl methyl sites for hydroxylation is 1. The van der Waals surface area contributed by atoms with E-state index < -0.39 is 6.61 Å². The van der Waals surface area contributed by atoms with Crippen LogP contribution in [0.25, 0.3) is 0 Å². The minimum atomic E-state index is -2.82. The molecule has 0 unspecified atom stereocenters. The van der Waals surface area contributed by atoms with Gasteiger partial charge < -0.3 is 10.1 Å². The van der Waals surface area contributed by atoms with Gasteiger partial charge in [-0.15, -0.1) is 11.3 Å². The number of ether oxygens (including phenoxy) is 1. The van der Waals surface area contributed by atoms with Crippen molar-refractivity contribution >= 4 is 17.2 Å². The molecule has 0 spiro atoms. The lowest BCUT2D eigenvalue weighted by Crippen LogP contribution is -2.35. The van der Waals surface area contributed by atoms with Crippen molar-refractivity contribution in [3.8, 4) is 5.75 Å². The minimum Gasteiger partial charge on any atom is -0.435 e. The molecule has 0 radical (unpaired) electrons. The Bertz CT molecular complexity index is 674. The number of carbonyl (C=O) groups is 1. The summed E-state index contributed by atoms with van der Waals surface area (Å²) in [7, 11) is 1.92. The van der Waals surface area contributed by atoms with Crippen molar-refractivity contribution in [1.29, 1.82) is 0 Å². The zero-order valence-corrected chi connectivity index (χ0v) is 15.1. The van der Waals surface area contributed by atoms with E-state index in [2.05, 4.69) is 28.4 Å². The number of hydrogen-bond acceptors (Lipinski definition) is 4. The number of rotatable bonds is 9. The molecule has 1 aromatic carbocycles. The maximum Gasteiger partial charge on any atom is 0.387 e. The Morgan fingerprint density at radius 1 is 1.28 bits per heavy atom. The molecule has 2 rings (SSSR count). The van der Waals surface area contributed by atoms with Crippen LogP contribution < -0.4 is 10.1 Å². The van der Waals surface area contributed by atoms with Gasteiger partial charge in [0.25, 0.3) is 0 Å². The van der Waals surface area contributed by atoms with Gasteiger partial charge in [-0.05, 0) is 55.1 Å². The second kappa shape index (κ2) is 9.48. The number of benzene rings is 1. The van der Waals surface area contributed by atoms with Gasteiger partial charge in [-0.1, -0.05) is 12.1 Å². The molecule has 0 aliphatic carbocycles. The highest BCUT2D eigenvalue weighted by atomic mass is 32.1. The Hall–Kier alpha value is -1.99. The largest absolute Gasteiger partial charge is 0.435 e. The fraction of sp³-hybridized carbons (Fsp3) is 0.389. The highest BCUT2D eigenvalue weighted by Gasteiger charge is 2.09. The molecular weight excluding hydrogens is 346 g/mol. The molecule has 25 heavy (non-hydrogen) atoms. The zero-order chi connectivity index (χ0) is 18.2. The molecule has 0 saturated carbocycles. The van der Waals surface area contributed by atoms with Crippen molar-refractivity contribution in [3.63, 3.8) is 0 Å². The molecule has 0 atom stereocenters. The van der Waals surface area contributed by atoms with Gasteiger partial charge in [0.15, 0.2) is 0 Å². The van der Waals surface area contributed by atoms with Crippen LogP contribution in [0, 0.1) is 6.92 Å². The van der Waals surface area contributed by atoms with Crippen molar-refractivity contribution in [2.24, 2.45) is 0 Å². The Morgan fingerprint density at radius 3 is 2.60 bits per heavy atom. The van der Waals surface area contributed by atoms with Gasteiger partial charge in [0.1, 0.15) is 5.75 Å². The molecule has 1 aromatic heterocycles. The summed E-state index contributed by atoms with van der Waals surface area (Å²) in [5.74, 6) is 0.0997. The molecule has 1 heterocycles. The molecule has 0 fully saturated rings. The maximum atomic E-state index is 12.1. The van der Waals surface area contributed by atoms with Crippen molar-refractivity contribution in [1.82, 2.24) is 10.2 Å². The first-order valence-electron chi connectivity index (χ1n) is 7.96. The molecule has 2 aromatic rings. The van der Waals surface area contributed by atoms with Gasteiger partial charge in [0, 0.05) is 18.0 Å². The summed E-state index contributed by atoms with van der Waals surface area (Å²) in [5.41, 5.74) is 2.20. The SMILES string of the molecule is Cc1ccsc1CN(C)CC(=O)NCCc1ccc(OC(F)F)cc1. The summed E-state index contributed by atoms with van der Waals surface area (Å²) in [4.78, 5) is 15.2. The molecule has 0 aliphatic rings. The van der Waals surface area contributed by atoms with Gasteiger partial charge in [-0.3, -0.25) is 9.69 Å². The van der Waals surface area contributed by atoms with Gasteiger partial charge in [-0.25, -0.2) is 0 Å². The molecule has 0 saturated heterocycles. The summed E-state index contributed by atoms with van der Waals surface area (Å²) in [6, 6.07) is 8.51. The number of nitrogens with one attached hydrogen (secondary N) is 1. The normalized spacial score (nSPS) is 11.1. The lowest BCUT2D eigenvalue weighted by atomic mass is 10.1. The average molecular weight is 368 g/mol. The summed E-state index contributed by atoms with van der Waals surface area (Å²) in [6.07, 6.45) is 0.633. The second-order valence-corrected chi connectivity index (χ2v) is 6.82. The quantitative estimate of drug-likeness (QED) is 0.737. The first-order chi connectivity index (χ1) is 11.9. The van der Waals surface area contributed by atoms with Gasteiger partial charge in [-0.2, -0.15) is 8.78 Å². The molecular formula is C18H22F2N2O2S. The van der Waals surface area contributed by atoms with Crippen LogP contribution in [0.1, 0.15) is 16.0 Å². The van der Waals surface area contributed by atoms with E-state index in [0.29, 0.717) is 19.5 Å². The van der Waals surface area contributed by atoms with E-state index in [1.54, 1.807) is 23.5 Å². The third-order valence-electron chi connectivity index (χ3n) is 3.68. The molecule has 1 N–H and O–H groups in total. The third-order valence-corrected chi connectivity index (χ3v) is 4.69. The van der Waals surface area contributed by atoms with E-state index in [1.165, 1.54) is 22.6 Å². The van der Waals surface area contributed by atoms with Crippen LogP contribution in [0.5, 0.6) is 5.75 Å². The number of carbonyl (C=O) groups excluding carboxylic acids is 1. The molecule has 1 amide bonds. The number of halogens is 2. The van der Waals surface area contributed by atoms with Gasteiger partial charge >= 0.3 is 6.61 Å². The topological polar surface area (TPSA) is 41.6 Å². The Kier molecular flexibility index (Phi) is 7.33. The summed E-state index contributed by atoms with van der Waals surface area (Å²) in [5, 5.41) is 4.93. The number of alkyl halides is 2. The van der Waals surface area contributed by atoms with Crippen LogP contribution in [0.2, 0.25) is 0 Å². The fourth-order valence-electron chi connectivity index (χ4n) is 2.35. The first-order valence-corrected chi connectivity index (χ1v) is 8.84. The van der Waals surface area contributed by atoms with Crippen LogP contribution in [0.3, 0.4) is 0 Å². The molecule has 0 bridgehead atoms. The van der Waals surface area contributed by atoms with E-state index in [-0.39, 0.29) is 11.7 Å². The van der Waals surface area contributed by atoms with Crippen LogP contribution in [0.4, 0.5) is 8.78 Å². The number of thiophene rings is 1. The van der Waals surface area contributed by atoms with E-state index in [9.17, 15) is 13.6 Å². The fourth-order valence-corrected chi connectivity index (χ4v) is 3.34. The van der Waals surface area contributed by atoms with Crippen LogP contribution >= 0.6 is 11.3 Å². The number of amides is 1. The van der Waals surface area contributed by atoms with E-state index in [0.717, 1.165) is 12.1 Å². The summed E-state index contributed by atoms with van der Waals surface area (Å²) < 4.78 is 28.5. The van der Waals surface area contributed by atoms with Crippen molar-refractivity contribution in [2.45, 2.75) is 26.5 Å². The monoisotopic (exact) mass is 368 g/mol.